The van der Waals surface area contributed by atoms with Gasteiger partial charge in [0.1, 0.15) is 11.4 Å². The van der Waals surface area contributed by atoms with Crippen molar-refractivity contribution < 1.29 is 23.5 Å². The van der Waals surface area contributed by atoms with Gasteiger partial charge in [0.2, 0.25) is 8.32 Å². The van der Waals surface area contributed by atoms with Gasteiger partial charge >= 0.3 is 12.1 Å². The van der Waals surface area contributed by atoms with Crippen molar-refractivity contribution in [2.45, 2.75) is 71.3 Å². The lowest BCUT2D eigenvalue weighted by atomic mass is 10.0. The SMILES string of the molecule is COC(=O)c1ccc(C2CN(C(=O)OC(C)(C)C)CCN2)c(O[Si](C)(C)C(C)(C)C)c1. The summed E-state index contributed by atoms with van der Waals surface area (Å²) in [6.07, 6.45) is -0.322. The zero-order chi connectivity index (χ0) is 23.6. The Morgan fingerprint density at radius 2 is 1.77 bits per heavy atom. The third kappa shape index (κ3) is 6.46. The molecular weight excluding hydrogens is 412 g/mol. The number of carbonyl (C=O) groups is 2. The number of benzene rings is 1. The van der Waals surface area contributed by atoms with E-state index >= 15 is 0 Å². The van der Waals surface area contributed by atoms with Gasteiger partial charge in [0.15, 0.2) is 0 Å². The summed E-state index contributed by atoms with van der Waals surface area (Å²) in [7, 11) is -0.797. The number of carbonyl (C=O) groups excluding carboxylic acids is 2. The minimum atomic E-state index is -2.16. The van der Waals surface area contributed by atoms with E-state index in [0.29, 0.717) is 30.9 Å². The molecule has 0 aromatic heterocycles. The quantitative estimate of drug-likeness (QED) is 0.527. The molecular formula is C23H38N2O5Si. The van der Waals surface area contributed by atoms with Gasteiger partial charge in [-0.05, 0) is 51.0 Å². The Morgan fingerprint density at radius 3 is 2.32 bits per heavy atom. The summed E-state index contributed by atoms with van der Waals surface area (Å²) in [6.45, 7) is 18.1. The molecule has 0 aliphatic carbocycles. The van der Waals surface area contributed by atoms with Crippen LogP contribution in [0.3, 0.4) is 0 Å². The molecule has 0 saturated carbocycles. The van der Waals surface area contributed by atoms with E-state index in [1.807, 2.05) is 26.8 Å². The number of nitrogens with one attached hydrogen (secondary N) is 1. The number of hydrogen-bond acceptors (Lipinski definition) is 6. The maximum absolute atomic E-state index is 12.6. The second-order valence-corrected chi connectivity index (χ2v) is 15.3. The van der Waals surface area contributed by atoms with Crippen LogP contribution in [-0.2, 0) is 9.47 Å². The molecule has 1 N–H and O–H groups in total. The molecule has 1 aliphatic rings. The van der Waals surface area contributed by atoms with Crippen molar-refractivity contribution in [2.75, 3.05) is 26.7 Å². The minimum absolute atomic E-state index is 0.00587. The highest BCUT2D eigenvalue weighted by molar-refractivity contribution is 6.74. The van der Waals surface area contributed by atoms with Gasteiger partial charge in [-0.1, -0.05) is 26.8 Å². The molecule has 1 atom stereocenters. The van der Waals surface area contributed by atoms with Gasteiger partial charge in [-0.15, -0.1) is 0 Å². The van der Waals surface area contributed by atoms with Gasteiger partial charge in [-0.3, -0.25) is 0 Å². The summed E-state index contributed by atoms with van der Waals surface area (Å²) in [5, 5.41) is 3.47. The van der Waals surface area contributed by atoms with Crippen molar-refractivity contribution in [1.29, 1.82) is 0 Å². The fraction of sp³-hybridized carbons (Fsp3) is 0.652. The standard InChI is InChI=1S/C23H38N2O5Si/c1-22(2,3)29-21(27)25-13-12-24-18(15-25)17-11-10-16(20(26)28-7)14-19(17)30-31(8,9)23(4,5)6/h10-11,14,18,24H,12-13,15H2,1-9H3. The average Bonchev–Trinajstić information content (AvgIpc) is 2.65. The molecule has 1 heterocycles. The summed E-state index contributed by atoms with van der Waals surface area (Å²) in [4.78, 5) is 26.5. The molecule has 7 nitrogen and oxygen atoms in total. The number of esters is 1. The number of amides is 1. The van der Waals surface area contributed by atoms with E-state index < -0.39 is 19.9 Å². The molecule has 0 radical (unpaired) electrons. The van der Waals surface area contributed by atoms with Crippen molar-refractivity contribution in [1.82, 2.24) is 10.2 Å². The largest absolute Gasteiger partial charge is 0.543 e. The van der Waals surface area contributed by atoms with Gasteiger partial charge in [0.25, 0.3) is 0 Å². The zero-order valence-electron chi connectivity index (χ0n) is 20.4. The Morgan fingerprint density at radius 1 is 1.13 bits per heavy atom. The van der Waals surface area contributed by atoms with E-state index in [2.05, 4.69) is 39.2 Å². The number of nitrogens with zero attached hydrogens (tertiary/aromatic N) is 1. The molecule has 31 heavy (non-hydrogen) atoms. The maximum atomic E-state index is 12.6. The second kappa shape index (κ2) is 9.20. The molecule has 1 aliphatic heterocycles. The van der Waals surface area contributed by atoms with Crippen LogP contribution >= 0.6 is 0 Å². The van der Waals surface area contributed by atoms with Crippen LogP contribution in [0.25, 0.3) is 0 Å². The van der Waals surface area contributed by atoms with Gasteiger partial charge in [0, 0.05) is 25.2 Å². The van der Waals surface area contributed by atoms with E-state index in [0.717, 1.165) is 5.56 Å². The Balaban J connectivity index is 2.37. The van der Waals surface area contributed by atoms with Crippen LogP contribution in [0.15, 0.2) is 18.2 Å². The molecule has 1 aromatic rings. The van der Waals surface area contributed by atoms with Crippen LogP contribution < -0.4 is 9.74 Å². The van der Waals surface area contributed by atoms with E-state index in [9.17, 15) is 9.59 Å². The normalized spacial score (nSPS) is 17.8. The zero-order valence-corrected chi connectivity index (χ0v) is 21.4. The van der Waals surface area contributed by atoms with Crippen LogP contribution in [0.4, 0.5) is 4.79 Å². The first-order valence-corrected chi connectivity index (χ1v) is 13.7. The van der Waals surface area contributed by atoms with E-state index in [-0.39, 0.29) is 17.2 Å². The molecule has 1 fully saturated rings. The van der Waals surface area contributed by atoms with Crippen LogP contribution in [0.2, 0.25) is 18.1 Å². The summed E-state index contributed by atoms with van der Waals surface area (Å²) in [5.41, 5.74) is 0.821. The number of piperazine rings is 1. The van der Waals surface area contributed by atoms with Crippen LogP contribution in [0.1, 0.15) is 63.5 Å². The van der Waals surface area contributed by atoms with Crippen molar-refractivity contribution in [3.63, 3.8) is 0 Å². The number of hydrogen-bond donors (Lipinski definition) is 1. The summed E-state index contributed by atoms with van der Waals surface area (Å²) < 4.78 is 17.1. The lowest BCUT2D eigenvalue weighted by molar-refractivity contribution is 0.0194. The van der Waals surface area contributed by atoms with Crippen LogP contribution in [0.5, 0.6) is 5.75 Å². The fourth-order valence-corrected chi connectivity index (χ4v) is 4.07. The van der Waals surface area contributed by atoms with Crippen molar-refractivity contribution >= 4 is 20.4 Å². The summed E-state index contributed by atoms with van der Waals surface area (Å²) in [6, 6.07) is 5.27. The molecule has 0 spiro atoms. The highest BCUT2D eigenvalue weighted by Crippen LogP contribution is 2.40. The molecule has 174 valence electrons. The van der Waals surface area contributed by atoms with Gasteiger partial charge < -0.3 is 24.1 Å². The molecule has 1 unspecified atom stereocenters. The number of methoxy groups -OCH3 is 1. The van der Waals surface area contributed by atoms with E-state index in [1.54, 1.807) is 17.0 Å². The maximum Gasteiger partial charge on any atom is 0.410 e. The van der Waals surface area contributed by atoms with Gasteiger partial charge in [-0.25, -0.2) is 9.59 Å². The molecule has 1 saturated heterocycles. The first kappa shape index (κ1) is 25.2. The smallest absolute Gasteiger partial charge is 0.410 e. The lowest BCUT2D eigenvalue weighted by Crippen LogP contribution is -2.50. The number of ether oxygens (including phenoxy) is 2. The Bertz CT molecular complexity index is 811. The molecule has 1 aromatic carbocycles. The van der Waals surface area contributed by atoms with Crippen molar-refractivity contribution in [3.8, 4) is 5.75 Å². The summed E-state index contributed by atoms with van der Waals surface area (Å²) in [5.74, 6) is 0.261. The highest BCUT2D eigenvalue weighted by Gasteiger charge is 2.40. The van der Waals surface area contributed by atoms with E-state index in [4.69, 9.17) is 13.9 Å². The van der Waals surface area contributed by atoms with Gasteiger partial charge in [0.05, 0.1) is 18.7 Å². The Hall–Kier alpha value is -2.06. The van der Waals surface area contributed by atoms with Crippen molar-refractivity contribution in [2.24, 2.45) is 0 Å². The third-order valence-corrected chi connectivity index (χ3v) is 10.2. The first-order valence-electron chi connectivity index (χ1n) is 10.8. The summed E-state index contributed by atoms with van der Waals surface area (Å²) >= 11 is 0. The monoisotopic (exact) mass is 450 g/mol. The van der Waals surface area contributed by atoms with Gasteiger partial charge in [-0.2, -0.15) is 0 Å². The first-order chi connectivity index (χ1) is 14.1. The fourth-order valence-electron chi connectivity index (χ4n) is 3.03. The second-order valence-electron chi connectivity index (χ2n) is 10.5. The third-order valence-electron chi connectivity index (χ3n) is 5.81. The molecule has 2 rings (SSSR count). The molecule has 0 bridgehead atoms. The Kier molecular flexibility index (Phi) is 7.48. The molecule has 1 amide bonds. The van der Waals surface area contributed by atoms with Crippen molar-refractivity contribution in [3.05, 3.63) is 29.3 Å². The topological polar surface area (TPSA) is 77.1 Å². The highest BCUT2D eigenvalue weighted by atomic mass is 28.4. The van der Waals surface area contributed by atoms with E-state index in [1.165, 1.54) is 7.11 Å². The average molecular weight is 451 g/mol. The minimum Gasteiger partial charge on any atom is -0.543 e. The van der Waals surface area contributed by atoms with Crippen LogP contribution in [-0.4, -0.2) is 57.6 Å². The predicted octanol–water partition coefficient (Wildman–Crippen LogP) is 4.74. The lowest BCUT2D eigenvalue weighted by Gasteiger charge is -2.39. The Labute approximate surface area is 187 Å². The van der Waals surface area contributed by atoms with Crippen LogP contribution in [0, 0.1) is 0 Å². The molecule has 8 heteroatoms. The predicted molar refractivity (Wildman–Crippen MR) is 124 cm³/mol. The number of rotatable bonds is 4.